The van der Waals surface area contributed by atoms with E-state index in [4.69, 9.17) is 4.11 Å². The summed E-state index contributed by atoms with van der Waals surface area (Å²) in [4.78, 5) is 0. The van der Waals surface area contributed by atoms with Crippen LogP contribution in [0.3, 0.4) is 0 Å². The maximum atomic E-state index is 7.72. The molecule has 1 nitrogen and oxygen atoms in total. The predicted molar refractivity (Wildman–Crippen MR) is 76.7 cm³/mol. The first kappa shape index (κ1) is 9.32. The third kappa shape index (κ3) is 2.05. The Bertz CT molecular complexity index is 700. The highest BCUT2D eigenvalue weighted by molar-refractivity contribution is 5.63. The molecule has 0 bridgehead atoms. The second-order valence-electron chi connectivity index (χ2n) is 5.05. The highest BCUT2D eigenvalue weighted by atomic mass is 14.9. The Morgan fingerprint density at radius 3 is 2.39 bits per heavy atom. The van der Waals surface area contributed by atoms with Crippen molar-refractivity contribution in [2.24, 2.45) is 7.05 Å². The molecule has 1 aromatic carbocycles. The quantitative estimate of drug-likeness (QED) is 0.672. The third-order valence-electron chi connectivity index (χ3n) is 3.64. The monoisotopic (exact) mass is 243 g/mol. The van der Waals surface area contributed by atoms with Crippen molar-refractivity contribution < 1.29 is 8.68 Å². The maximum Gasteiger partial charge on any atom is 0.213 e. The lowest BCUT2D eigenvalue weighted by Gasteiger charge is -2.10. The number of benzene rings is 1. The molecule has 0 N–H and O–H groups in total. The van der Waals surface area contributed by atoms with E-state index in [1.54, 1.807) is 0 Å². The van der Waals surface area contributed by atoms with Gasteiger partial charge >= 0.3 is 0 Å². The third-order valence-corrected chi connectivity index (χ3v) is 3.64. The summed E-state index contributed by atoms with van der Waals surface area (Å²) in [5.74, 6) is 0. The van der Waals surface area contributed by atoms with Gasteiger partial charge in [0.1, 0.15) is 7.05 Å². The van der Waals surface area contributed by atoms with Gasteiger partial charge in [0, 0.05) is 28.2 Å². The summed E-state index contributed by atoms with van der Waals surface area (Å²) in [7, 11) is 1.93. The van der Waals surface area contributed by atoms with Crippen molar-refractivity contribution >= 4 is 0 Å². The normalized spacial score (nSPS) is 13.9. The minimum atomic E-state index is -2.08. The van der Waals surface area contributed by atoms with Crippen LogP contribution in [0.25, 0.3) is 11.3 Å². The first-order chi connectivity index (χ1) is 9.62. The van der Waals surface area contributed by atoms with E-state index in [1.165, 1.54) is 11.1 Å². The van der Waals surface area contributed by atoms with Crippen LogP contribution in [0.5, 0.6) is 0 Å². The van der Waals surface area contributed by atoms with Crippen molar-refractivity contribution in [3.63, 3.8) is 0 Å². The average Bonchev–Trinajstić information content (AvgIpc) is 2.35. The molecule has 0 saturated carbocycles. The van der Waals surface area contributed by atoms with E-state index in [0.717, 1.165) is 22.5 Å². The Kier molecular flexibility index (Phi) is 2.36. The molecule has 2 rings (SSSR count). The first-order valence-electron chi connectivity index (χ1n) is 7.71. The summed E-state index contributed by atoms with van der Waals surface area (Å²) in [5, 5.41) is 0. The molecule has 18 heavy (non-hydrogen) atoms. The molecule has 0 aliphatic rings. The predicted octanol–water partition coefficient (Wildman–Crippen LogP) is 3.72. The molecule has 0 spiro atoms. The number of hydrogen-bond acceptors (Lipinski definition) is 0. The van der Waals surface area contributed by atoms with Gasteiger partial charge in [-0.2, -0.15) is 4.57 Å². The molecule has 0 aliphatic carbocycles. The maximum absolute atomic E-state index is 7.72. The summed E-state index contributed by atoms with van der Waals surface area (Å²) < 4.78 is 25.2. The van der Waals surface area contributed by atoms with E-state index < -0.39 is 6.85 Å². The van der Waals surface area contributed by atoms with Gasteiger partial charge in [-0.05, 0) is 44.8 Å². The van der Waals surface area contributed by atoms with Crippen LogP contribution < -0.4 is 4.57 Å². The van der Waals surface area contributed by atoms with Gasteiger partial charge < -0.3 is 0 Å². The van der Waals surface area contributed by atoms with Crippen LogP contribution in [-0.4, -0.2) is 0 Å². The molecule has 1 heteroatoms. The van der Waals surface area contributed by atoms with E-state index in [-0.39, 0.29) is 0 Å². The van der Waals surface area contributed by atoms with Crippen molar-refractivity contribution in [3.8, 4) is 11.3 Å². The van der Waals surface area contributed by atoms with Crippen molar-refractivity contribution in [1.29, 1.82) is 0 Å². The lowest BCUT2D eigenvalue weighted by atomic mass is 9.99. The number of hydrogen-bond donors (Lipinski definition) is 0. The van der Waals surface area contributed by atoms with E-state index >= 15 is 0 Å². The van der Waals surface area contributed by atoms with Crippen LogP contribution >= 0.6 is 0 Å². The standard InChI is InChI=1S/C17H22N/c1-11-7-8-12(2)16(9-11)17-10-13(3)14(4)15(5)18(17)6/h7-10H,1-6H3/q+1/i4D3. The average molecular weight is 243 g/mol. The molecule has 0 atom stereocenters. The Balaban J connectivity index is 2.76. The van der Waals surface area contributed by atoms with E-state index in [9.17, 15) is 0 Å². The minimum Gasteiger partial charge on any atom is -0.198 e. The molecule has 0 unspecified atom stereocenters. The molecular formula is C17H22N+. The Labute approximate surface area is 114 Å². The Morgan fingerprint density at radius 1 is 1.00 bits per heavy atom. The second-order valence-corrected chi connectivity index (χ2v) is 5.05. The van der Waals surface area contributed by atoms with E-state index in [1.807, 2.05) is 31.5 Å². The molecule has 0 aliphatic heterocycles. The zero-order valence-electron chi connectivity index (χ0n) is 14.8. The van der Waals surface area contributed by atoms with Crippen molar-refractivity contribution in [2.45, 2.75) is 34.5 Å². The SMILES string of the molecule is [2H]C([2H])([2H])c1c(C)cc(-c2cc(C)ccc2C)[n+](C)c1C. The smallest absolute Gasteiger partial charge is 0.198 e. The molecule has 0 radical (unpaired) electrons. The van der Waals surface area contributed by atoms with Gasteiger partial charge in [0.05, 0.1) is 0 Å². The number of nitrogens with zero attached hydrogens (tertiary/aromatic N) is 1. The highest BCUT2D eigenvalue weighted by Gasteiger charge is 2.17. The largest absolute Gasteiger partial charge is 0.213 e. The lowest BCUT2D eigenvalue weighted by Crippen LogP contribution is -2.36. The van der Waals surface area contributed by atoms with Crippen LogP contribution in [0.4, 0.5) is 0 Å². The van der Waals surface area contributed by atoms with Gasteiger partial charge in [0.15, 0.2) is 5.69 Å². The summed E-state index contributed by atoms with van der Waals surface area (Å²) in [6, 6.07) is 8.33. The molecule has 2 aromatic rings. The van der Waals surface area contributed by atoms with Gasteiger partial charge in [-0.1, -0.05) is 17.7 Å². The fourth-order valence-electron chi connectivity index (χ4n) is 2.28. The van der Waals surface area contributed by atoms with Crippen LogP contribution in [0.1, 0.15) is 32.1 Å². The van der Waals surface area contributed by atoms with E-state index in [0.29, 0.717) is 5.56 Å². The van der Waals surface area contributed by atoms with Gasteiger partial charge in [-0.3, -0.25) is 0 Å². The molecule has 94 valence electrons. The fraction of sp³-hybridized carbons (Fsp3) is 0.353. The van der Waals surface area contributed by atoms with Crippen LogP contribution in [0, 0.1) is 34.5 Å². The lowest BCUT2D eigenvalue weighted by molar-refractivity contribution is -0.667. The number of pyridine rings is 1. The summed E-state index contributed by atoms with van der Waals surface area (Å²) in [6.45, 7) is 5.83. The Hall–Kier alpha value is -1.63. The zero-order chi connectivity index (χ0) is 15.9. The highest BCUT2D eigenvalue weighted by Crippen LogP contribution is 2.24. The van der Waals surface area contributed by atoms with Gasteiger partial charge in [0.25, 0.3) is 0 Å². The minimum absolute atomic E-state index is 0.457. The Morgan fingerprint density at radius 2 is 1.72 bits per heavy atom. The van der Waals surface area contributed by atoms with Crippen molar-refractivity contribution in [1.82, 2.24) is 0 Å². The van der Waals surface area contributed by atoms with Crippen LogP contribution in [-0.2, 0) is 7.05 Å². The van der Waals surface area contributed by atoms with Crippen LogP contribution in [0.15, 0.2) is 24.3 Å². The summed E-state index contributed by atoms with van der Waals surface area (Å²) >= 11 is 0. The molecule has 0 fully saturated rings. The first-order valence-corrected chi connectivity index (χ1v) is 6.21. The van der Waals surface area contributed by atoms with Crippen molar-refractivity contribution in [3.05, 3.63) is 52.2 Å². The number of aryl methyl sites for hydroxylation is 3. The summed E-state index contributed by atoms with van der Waals surface area (Å²) in [5.41, 5.74) is 6.67. The van der Waals surface area contributed by atoms with Crippen LogP contribution in [0.2, 0.25) is 0 Å². The van der Waals surface area contributed by atoms with E-state index in [2.05, 4.69) is 32.0 Å². The van der Waals surface area contributed by atoms with Crippen molar-refractivity contribution in [2.75, 3.05) is 0 Å². The summed E-state index contributed by atoms with van der Waals surface area (Å²) in [6.07, 6.45) is 0. The molecule has 0 saturated heterocycles. The van der Waals surface area contributed by atoms with Gasteiger partial charge in [-0.15, -0.1) is 0 Å². The molecule has 1 heterocycles. The zero-order valence-corrected chi connectivity index (χ0v) is 11.8. The number of rotatable bonds is 1. The molecular weight excluding hydrogens is 218 g/mol. The fourth-order valence-corrected chi connectivity index (χ4v) is 2.28. The van der Waals surface area contributed by atoms with Gasteiger partial charge in [0.2, 0.25) is 5.69 Å². The topological polar surface area (TPSA) is 3.88 Å². The molecule has 0 amide bonds. The molecule has 1 aromatic heterocycles. The number of aromatic nitrogens is 1. The van der Waals surface area contributed by atoms with Gasteiger partial charge in [-0.25, -0.2) is 0 Å². The second kappa shape index (κ2) is 4.56.